The molecule has 1 fully saturated rings. The van der Waals surface area contributed by atoms with Crippen LogP contribution in [0.15, 0.2) is 36.4 Å². The molecule has 3 rings (SSSR count). The minimum Gasteiger partial charge on any atom is -0.366 e. The highest BCUT2D eigenvalue weighted by Gasteiger charge is 2.27. The first-order valence-electron chi connectivity index (χ1n) is 8.58. The van der Waals surface area contributed by atoms with Crippen LogP contribution in [0, 0.1) is 13.8 Å². The van der Waals surface area contributed by atoms with E-state index >= 15 is 0 Å². The normalized spacial score (nSPS) is 15.4. The molecular weight excluding hydrogens is 423 g/mol. The highest BCUT2D eigenvalue weighted by molar-refractivity contribution is 5.86. The molecule has 0 saturated carbocycles. The Morgan fingerprint density at radius 1 is 1.04 bits per heavy atom. The minimum atomic E-state index is -0.455. The summed E-state index contributed by atoms with van der Waals surface area (Å²) in [6, 6.07) is 11.7. The van der Waals surface area contributed by atoms with E-state index in [-0.39, 0.29) is 43.1 Å². The van der Waals surface area contributed by atoms with E-state index in [1.54, 1.807) is 4.90 Å². The molecule has 0 aliphatic carbocycles. The average Bonchev–Trinajstić information content (AvgIpc) is 2.61. The molecule has 1 unspecified atom stereocenters. The standard InChI is InChI=1S/C19H24N4O2.3ClH/c1-14-5-3-7-16(21-14)12-23(13-17-8-4-6-15(2)22-17)19(24)18-11-20-9-10-25-18;;;/h3-8,18,20H,9-13H2,1-2H3;3*1H. The van der Waals surface area contributed by atoms with E-state index in [4.69, 9.17) is 4.74 Å². The number of morpholine rings is 1. The van der Waals surface area contributed by atoms with Gasteiger partial charge < -0.3 is 15.0 Å². The average molecular weight is 450 g/mol. The lowest BCUT2D eigenvalue weighted by Gasteiger charge is -2.29. The van der Waals surface area contributed by atoms with Gasteiger partial charge in [0.15, 0.2) is 0 Å². The van der Waals surface area contributed by atoms with Gasteiger partial charge in [-0.2, -0.15) is 0 Å². The van der Waals surface area contributed by atoms with Gasteiger partial charge >= 0.3 is 0 Å². The third kappa shape index (κ3) is 7.53. The van der Waals surface area contributed by atoms with Crippen molar-refractivity contribution in [3.63, 3.8) is 0 Å². The largest absolute Gasteiger partial charge is 0.366 e. The molecule has 28 heavy (non-hydrogen) atoms. The molecule has 2 aromatic rings. The van der Waals surface area contributed by atoms with Crippen molar-refractivity contribution >= 4 is 43.1 Å². The molecule has 1 saturated heterocycles. The lowest BCUT2D eigenvalue weighted by molar-refractivity contribution is -0.146. The summed E-state index contributed by atoms with van der Waals surface area (Å²) in [5.41, 5.74) is 3.61. The summed E-state index contributed by atoms with van der Waals surface area (Å²) >= 11 is 0. The third-order valence-corrected chi connectivity index (χ3v) is 4.11. The molecule has 1 aliphatic heterocycles. The first-order chi connectivity index (χ1) is 12.1. The second kappa shape index (κ2) is 12.9. The third-order valence-electron chi connectivity index (χ3n) is 4.11. The fourth-order valence-electron chi connectivity index (χ4n) is 2.91. The van der Waals surface area contributed by atoms with Crippen LogP contribution >= 0.6 is 37.2 Å². The van der Waals surface area contributed by atoms with Crippen molar-refractivity contribution in [3.05, 3.63) is 59.2 Å². The van der Waals surface area contributed by atoms with Gasteiger partial charge in [-0.25, -0.2) is 0 Å². The van der Waals surface area contributed by atoms with Crippen molar-refractivity contribution in [2.45, 2.75) is 33.0 Å². The number of hydrogen-bond acceptors (Lipinski definition) is 5. The highest BCUT2D eigenvalue weighted by Crippen LogP contribution is 2.12. The summed E-state index contributed by atoms with van der Waals surface area (Å²) in [5.74, 6) is -0.0289. The number of nitrogens with zero attached hydrogens (tertiary/aromatic N) is 3. The molecule has 3 heterocycles. The molecule has 1 amide bonds. The van der Waals surface area contributed by atoms with Crippen molar-refractivity contribution in [2.24, 2.45) is 0 Å². The smallest absolute Gasteiger partial charge is 0.253 e. The van der Waals surface area contributed by atoms with Gasteiger partial charge in [0, 0.05) is 24.5 Å². The Morgan fingerprint density at radius 3 is 2.00 bits per heavy atom. The lowest BCUT2D eigenvalue weighted by Crippen LogP contribution is -2.49. The Bertz CT molecular complexity index is 695. The number of rotatable bonds is 5. The number of carbonyl (C=O) groups is 1. The summed E-state index contributed by atoms with van der Waals surface area (Å²) in [5, 5.41) is 3.21. The number of halogens is 3. The number of pyridine rings is 2. The fourth-order valence-corrected chi connectivity index (χ4v) is 2.91. The molecule has 9 heteroatoms. The topological polar surface area (TPSA) is 67.4 Å². The van der Waals surface area contributed by atoms with E-state index in [2.05, 4.69) is 15.3 Å². The van der Waals surface area contributed by atoms with E-state index in [9.17, 15) is 4.79 Å². The van der Waals surface area contributed by atoms with Crippen molar-refractivity contribution in [1.29, 1.82) is 0 Å². The van der Waals surface area contributed by atoms with Gasteiger partial charge in [-0.3, -0.25) is 14.8 Å². The Hall–Kier alpha value is -1.44. The van der Waals surface area contributed by atoms with Crippen LogP contribution in [0.1, 0.15) is 22.8 Å². The monoisotopic (exact) mass is 448 g/mol. The van der Waals surface area contributed by atoms with Gasteiger partial charge in [-0.1, -0.05) is 12.1 Å². The maximum Gasteiger partial charge on any atom is 0.253 e. The van der Waals surface area contributed by atoms with Crippen molar-refractivity contribution < 1.29 is 9.53 Å². The Balaban J connectivity index is 0.00000243. The minimum absolute atomic E-state index is 0. The summed E-state index contributed by atoms with van der Waals surface area (Å²) in [6.07, 6.45) is -0.455. The molecule has 1 atom stereocenters. The molecule has 6 nitrogen and oxygen atoms in total. The zero-order chi connectivity index (χ0) is 17.6. The molecule has 1 aliphatic rings. The number of ether oxygens (including phenoxy) is 1. The van der Waals surface area contributed by atoms with E-state index in [0.717, 1.165) is 29.3 Å². The second-order valence-corrected chi connectivity index (χ2v) is 6.30. The van der Waals surface area contributed by atoms with E-state index in [0.29, 0.717) is 26.2 Å². The van der Waals surface area contributed by atoms with Crippen LogP contribution in [-0.2, 0) is 22.6 Å². The molecule has 2 aromatic heterocycles. The first kappa shape index (κ1) is 26.6. The van der Waals surface area contributed by atoms with Gasteiger partial charge in [-0.05, 0) is 38.1 Å². The molecule has 1 N–H and O–H groups in total. The van der Waals surface area contributed by atoms with Crippen LogP contribution in [0.3, 0.4) is 0 Å². The zero-order valence-corrected chi connectivity index (χ0v) is 18.4. The molecule has 156 valence electrons. The predicted octanol–water partition coefficient (Wildman–Crippen LogP) is 2.88. The first-order valence-corrected chi connectivity index (χ1v) is 8.58. The Morgan fingerprint density at radius 2 is 1.57 bits per heavy atom. The fraction of sp³-hybridized carbons (Fsp3) is 0.421. The van der Waals surface area contributed by atoms with Gasteiger partial charge in [-0.15, -0.1) is 37.2 Å². The maximum atomic E-state index is 13.0. The van der Waals surface area contributed by atoms with Crippen molar-refractivity contribution in [1.82, 2.24) is 20.2 Å². The lowest BCUT2D eigenvalue weighted by atomic mass is 10.2. The quantitative estimate of drug-likeness (QED) is 0.760. The summed E-state index contributed by atoms with van der Waals surface area (Å²) in [7, 11) is 0. The Kier molecular flexibility index (Phi) is 12.2. The van der Waals surface area contributed by atoms with Gasteiger partial charge in [0.1, 0.15) is 6.10 Å². The van der Waals surface area contributed by atoms with Crippen LogP contribution < -0.4 is 5.32 Å². The number of aromatic nitrogens is 2. The number of hydrogen-bond donors (Lipinski definition) is 1. The number of nitrogens with one attached hydrogen (secondary N) is 1. The Labute approximate surface area is 184 Å². The second-order valence-electron chi connectivity index (χ2n) is 6.30. The van der Waals surface area contributed by atoms with Crippen LogP contribution in [0.4, 0.5) is 0 Å². The van der Waals surface area contributed by atoms with E-state index in [1.165, 1.54) is 0 Å². The number of aryl methyl sites for hydroxylation is 2. The molecular formula is C19H27Cl3N4O2. The number of carbonyl (C=O) groups excluding carboxylic acids is 1. The molecule has 0 spiro atoms. The van der Waals surface area contributed by atoms with Crippen LogP contribution in [0.2, 0.25) is 0 Å². The summed E-state index contributed by atoms with van der Waals surface area (Å²) < 4.78 is 5.65. The summed E-state index contributed by atoms with van der Waals surface area (Å²) in [4.78, 5) is 23.8. The van der Waals surface area contributed by atoms with Crippen LogP contribution in [0.25, 0.3) is 0 Å². The van der Waals surface area contributed by atoms with Gasteiger partial charge in [0.05, 0.1) is 31.1 Å². The van der Waals surface area contributed by atoms with Gasteiger partial charge in [0.2, 0.25) is 0 Å². The van der Waals surface area contributed by atoms with Crippen molar-refractivity contribution in [2.75, 3.05) is 19.7 Å². The van der Waals surface area contributed by atoms with Crippen molar-refractivity contribution in [3.8, 4) is 0 Å². The van der Waals surface area contributed by atoms with Crippen LogP contribution in [0.5, 0.6) is 0 Å². The van der Waals surface area contributed by atoms with E-state index in [1.807, 2.05) is 50.2 Å². The molecule has 0 aromatic carbocycles. The predicted molar refractivity (Wildman–Crippen MR) is 117 cm³/mol. The SMILES string of the molecule is Cc1cccc(CN(Cc2cccc(C)n2)C(=O)C2CNCCO2)n1.Cl.Cl.Cl. The maximum absolute atomic E-state index is 13.0. The number of amides is 1. The highest BCUT2D eigenvalue weighted by atomic mass is 35.5. The molecule has 0 bridgehead atoms. The molecule has 0 radical (unpaired) electrons. The zero-order valence-electron chi connectivity index (χ0n) is 16.0. The van der Waals surface area contributed by atoms with E-state index < -0.39 is 6.10 Å². The van der Waals surface area contributed by atoms with Crippen LogP contribution in [-0.4, -0.2) is 46.6 Å². The summed E-state index contributed by atoms with van der Waals surface area (Å²) in [6.45, 7) is 6.65. The van der Waals surface area contributed by atoms with Gasteiger partial charge in [0.25, 0.3) is 5.91 Å².